The van der Waals surface area contributed by atoms with Crippen molar-refractivity contribution in [3.63, 3.8) is 0 Å². The van der Waals surface area contributed by atoms with Crippen LogP contribution in [0.25, 0.3) is 33.4 Å². The van der Waals surface area contributed by atoms with Gasteiger partial charge in [-0.05, 0) is 34.7 Å². The Bertz CT molecular complexity index is 985. The average Bonchev–Trinajstić information content (AvgIpc) is 3.10. The van der Waals surface area contributed by atoms with E-state index in [1.54, 1.807) is 0 Å². The van der Waals surface area contributed by atoms with E-state index in [0.29, 0.717) is 0 Å². The molecule has 4 aromatic rings. The Morgan fingerprint density at radius 3 is 2.12 bits per heavy atom. The lowest BCUT2D eigenvalue weighted by molar-refractivity contribution is 0.602. The molecule has 0 spiro atoms. The van der Waals surface area contributed by atoms with Crippen LogP contribution in [0, 0.1) is 0 Å². The molecule has 0 saturated heterocycles. The Morgan fingerprint density at radius 2 is 1.50 bits per heavy atom. The molecule has 1 heterocycles. The fraction of sp³-hybridized carbons (Fsp3) is 0.0455. The lowest BCUT2D eigenvalue weighted by atomic mass is 9.88. The second-order valence-electron chi connectivity index (χ2n) is 5.71. The maximum Gasteiger partial charge on any atom is 0.182 e. The fourth-order valence-electron chi connectivity index (χ4n) is 3.19. The van der Waals surface area contributed by atoms with Gasteiger partial charge in [-0.2, -0.15) is 0 Å². The van der Waals surface area contributed by atoms with Crippen LogP contribution in [0.4, 0.5) is 0 Å². The minimum atomic E-state index is 0.778. The predicted molar refractivity (Wildman–Crippen MR) is 98.8 cm³/mol. The maximum absolute atomic E-state index is 5.61. The van der Waals surface area contributed by atoms with Crippen molar-refractivity contribution >= 4 is 11.1 Å². The minimum Gasteiger partial charge on any atom is -0.443 e. The summed E-state index contributed by atoms with van der Waals surface area (Å²) in [5.41, 5.74) is 7.53. The number of oxazole rings is 1. The van der Waals surface area contributed by atoms with Gasteiger partial charge in [-0.1, -0.05) is 66.7 Å². The molecule has 1 aromatic heterocycles. The third-order valence-electron chi connectivity index (χ3n) is 4.20. The Kier molecular flexibility index (Phi) is 3.72. The zero-order valence-electron chi connectivity index (χ0n) is 13.3. The molecule has 0 aliphatic heterocycles. The van der Waals surface area contributed by atoms with E-state index in [2.05, 4.69) is 66.2 Å². The van der Waals surface area contributed by atoms with Gasteiger partial charge < -0.3 is 4.42 Å². The first-order valence-electron chi connectivity index (χ1n) is 7.99. The minimum absolute atomic E-state index is 0.778. The molecule has 0 fully saturated rings. The average molecular weight is 311 g/mol. The molecule has 0 aliphatic carbocycles. The predicted octanol–water partition coefficient (Wildman–Crippen LogP) is 5.89. The number of aromatic nitrogens is 1. The van der Waals surface area contributed by atoms with Gasteiger partial charge >= 0.3 is 0 Å². The van der Waals surface area contributed by atoms with Gasteiger partial charge in [0, 0.05) is 5.56 Å². The third kappa shape index (κ3) is 2.42. The van der Waals surface area contributed by atoms with Gasteiger partial charge in [-0.25, -0.2) is 4.98 Å². The molecule has 0 radical (unpaired) electrons. The summed E-state index contributed by atoms with van der Waals surface area (Å²) in [7, 11) is 0. The van der Waals surface area contributed by atoms with E-state index in [1.165, 1.54) is 23.1 Å². The monoisotopic (exact) mass is 311 g/mol. The van der Waals surface area contributed by atoms with Crippen LogP contribution >= 0.6 is 0 Å². The van der Waals surface area contributed by atoms with Gasteiger partial charge in [-0.15, -0.1) is 6.58 Å². The van der Waals surface area contributed by atoms with Gasteiger partial charge in [0.15, 0.2) is 12.0 Å². The maximum atomic E-state index is 5.61. The van der Waals surface area contributed by atoms with E-state index in [1.807, 2.05) is 18.2 Å². The number of allylic oxidation sites excluding steroid dienone is 1. The molecule has 2 nitrogen and oxygen atoms in total. The van der Waals surface area contributed by atoms with Crippen LogP contribution < -0.4 is 0 Å². The Labute approximate surface area is 141 Å². The Hall–Kier alpha value is -3.13. The highest BCUT2D eigenvalue weighted by atomic mass is 16.3. The van der Waals surface area contributed by atoms with Crippen molar-refractivity contribution in [2.75, 3.05) is 0 Å². The molecule has 0 atom stereocenters. The lowest BCUT2D eigenvalue weighted by Gasteiger charge is -2.15. The summed E-state index contributed by atoms with van der Waals surface area (Å²) in [6.45, 7) is 3.91. The molecule has 116 valence electrons. The molecular formula is C22H17NO. The molecule has 0 aliphatic rings. The highest BCUT2D eigenvalue weighted by Crippen LogP contribution is 2.40. The first-order chi connectivity index (χ1) is 11.9. The number of benzene rings is 3. The summed E-state index contributed by atoms with van der Waals surface area (Å²) in [6, 6.07) is 22.9. The number of nitrogens with zero attached hydrogens (tertiary/aromatic N) is 1. The van der Waals surface area contributed by atoms with Gasteiger partial charge in [0.05, 0.1) is 0 Å². The van der Waals surface area contributed by atoms with E-state index in [9.17, 15) is 0 Å². The molecule has 4 rings (SSSR count). The summed E-state index contributed by atoms with van der Waals surface area (Å²) in [5, 5.41) is 0. The molecule has 3 aromatic carbocycles. The summed E-state index contributed by atoms with van der Waals surface area (Å²) >= 11 is 0. The van der Waals surface area contributed by atoms with Crippen LogP contribution in [0.1, 0.15) is 5.56 Å². The standard InChI is InChI=1S/C22H17NO/c1-2-9-18-14-19-22(23-15-24-19)21(17-12-7-4-8-13-17)20(18)16-10-5-3-6-11-16/h2-8,10-15H,1,9H2. The molecule has 0 unspecified atom stereocenters. The van der Waals surface area contributed by atoms with Crippen LogP contribution in [-0.4, -0.2) is 4.98 Å². The van der Waals surface area contributed by atoms with Gasteiger partial charge in [0.2, 0.25) is 0 Å². The number of rotatable bonds is 4. The molecule has 2 heteroatoms. The number of hydrogen-bond donors (Lipinski definition) is 0. The summed E-state index contributed by atoms with van der Waals surface area (Å²) in [5.74, 6) is 0. The van der Waals surface area contributed by atoms with Crippen molar-refractivity contribution in [2.24, 2.45) is 0 Å². The Morgan fingerprint density at radius 1 is 0.875 bits per heavy atom. The van der Waals surface area contributed by atoms with Gasteiger partial charge in [0.25, 0.3) is 0 Å². The number of fused-ring (bicyclic) bond motifs is 1. The van der Waals surface area contributed by atoms with Crippen molar-refractivity contribution in [1.29, 1.82) is 0 Å². The zero-order chi connectivity index (χ0) is 16.4. The SMILES string of the molecule is C=CCc1cc2ocnc2c(-c2ccccc2)c1-c1ccccc1. The lowest BCUT2D eigenvalue weighted by Crippen LogP contribution is -1.94. The molecule has 0 saturated carbocycles. The summed E-state index contributed by atoms with van der Waals surface area (Å²) in [6.07, 6.45) is 4.23. The molecular weight excluding hydrogens is 294 g/mol. The quantitative estimate of drug-likeness (QED) is 0.439. The van der Waals surface area contributed by atoms with E-state index in [-0.39, 0.29) is 0 Å². The van der Waals surface area contributed by atoms with E-state index in [4.69, 9.17) is 4.42 Å². The highest BCUT2D eigenvalue weighted by Gasteiger charge is 2.18. The Balaban J connectivity index is 2.13. The van der Waals surface area contributed by atoms with E-state index < -0.39 is 0 Å². The van der Waals surface area contributed by atoms with Crippen LogP contribution in [0.2, 0.25) is 0 Å². The zero-order valence-corrected chi connectivity index (χ0v) is 13.3. The first kappa shape index (κ1) is 14.5. The van der Waals surface area contributed by atoms with Crippen LogP contribution in [0.3, 0.4) is 0 Å². The van der Waals surface area contributed by atoms with Crippen molar-refractivity contribution in [3.8, 4) is 22.3 Å². The van der Waals surface area contributed by atoms with Crippen LogP contribution in [0.5, 0.6) is 0 Å². The third-order valence-corrected chi connectivity index (χ3v) is 4.20. The van der Waals surface area contributed by atoms with Crippen LogP contribution in [-0.2, 0) is 6.42 Å². The largest absolute Gasteiger partial charge is 0.443 e. The van der Waals surface area contributed by atoms with Crippen LogP contribution in [0.15, 0.2) is 90.2 Å². The van der Waals surface area contributed by atoms with E-state index in [0.717, 1.165) is 28.6 Å². The van der Waals surface area contributed by atoms with Gasteiger partial charge in [-0.3, -0.25) is 0 Å². The molecule has 0 amide bonds. The molecule has 0 bridgehead atoms. The van der Waals surface area contributed by atoms with Crippen molar-refractivity contribution in [3.05, 3.63) is 91.3 Å². The highest BCUT2D eigenvalue weighted by molar-refractivity contribution is 6.01. The topological polar surface area (TPSA) is 26.0 Å². The van der Waals surface area contributed by atoms with Crippen molar-refractivity contribution < 1.29 is 4.42 Å². The normalized spacial score (nSPS) is 10.8. The summed E-state index contributed by atoms with van der Waals surface area (Å²) in [4.78, 5) is 4.49. The second kappa shape index (κ2) is 6.17. The molecule has 24 heavy (non-hydrogen) atoms. The fourth-order valence-corrected chi connectivity index (χ4v) is 3.19. The van der Waals surface area contributed by atoms with Crippen molar-refractivity contribution in [1.82, 2.24) is 4.98 Å². The number of hydrogen-bond acceptors (Lipinski definition) is 2. The summed E-state index contributed by atoms with van der Waals surface area (Å²) < 4.78 is 5.61. The first-order valence-corrected chi connectivity index (χ1v) is 7.99. The second-order valence-corrected chi connectivity index (χ2v) is 5.71. The van der Waals surface area contributed by atoms with E-state index >= 15 is 0 Å². The van der Waals surface area contributed by atoms with Crippen molar-refractivity contribution in [2.45, 2.75) is 6.42 Å². The van der Waals surface area contributed by atoms with Gasteiger partial charge in [0.1, 0.15) is 5.52 Å². The smallest absolute Gasteiger partial charge is 0.182 e. The molecule has 0 N–H and O–H groups in total.